The van der Waals surface area contributed by atoms with Gasteiger partial charge in [0.2, 0.25) is 11.8 Å². The fourth-order valence-corrected chi connectivity index (χ4v) is 4.37. The van der Waals surface area contributed by atoms with Gasteiger partial charge in [0.15, 0.2) is 0 Å². The summed E-state index contributed by atoms with van der Waals surface area (Å²) in [6.45, 7) is 2.46. The maximum atomic E-state index is 12.8. The van der Waals surface area contributed by atoms with Crippen molar-refractivity contribution < 1.29 is 9.59 Å². The lowest BCUT2D eigenvalue weighted by Gasteiger charge is -2.21. The molecule has 2 amide bonds. The molecule has 31 heavy (non-hydrogen) atoms. The molecule has 0 radical (unpaired) electrons. The minimum Gasteiger partial charge on any atom is -0.349 e. The lowest BCUT2D eigenvalue weighted by Crippen LogP contribution is -2.34. The second-order valence-electron chi connectivity index (χ2n) is 8.36. The second-order valence-corrected chi connectivity index (χ2v) is 8.36. The van der Waals surface area contributed by atoms with E-state index in [1.54, 1.807) is 0 Å². The molecule has 1 unspecified atom stereocenters. The van der Waals surface area contributed by atoms with Crippen LogP contribution in [0.4, 0.5) is 0 Å². The van der Waals surface area contributed by atoms with Crippen LogP contribution in [0.3, 0.4) is 0 Å². The summed E-state index contributed by atoms with van der Waals surface area (Å²) < 4.78 is 1.91. The number of fused-ring (bicyclic) bond motifs is 1. The number of imidazole rings is 1. The maximum Gasteiger partial charge on any atom is 0.240 e. The van der Waals surface area contributed by atoms with Crippen LogP contribution in [0.25, 0.3) is 11.0 Å². The minimum atomic E-state index is -0.0852. The zero-order valence-electron chi connectivity index (χ0n) is 18.0. The summed E-state index contributed by atoms with van der Waals surface area (Å²) in [4.78, 5) is 30.1. The molecule has 1 aliphatic rings. The maximum absolute atomic E-state index is 12.8. The van der Waals surface area contributed by atoms with Crippen molar-refractivity contribution in [1.82, 2.24) is 20.2 Å². The largest absolute Gasteiger partial charge is 0.349 e. The number of nitrogens with one attached hydrogen (secondary N) is 2. The highest BCUT2D eigenvalue weighted by molar-refractivity contribution is 5.82. The fourth-order valence-electron chi connectivity index (χ4n) is 4.37. The number of hydrogen-bond acceptors (Lipinski definition) is 3. The van der Waals surface area contributed by atoms with Crippen LogP contribution in [0.15, 0.2) is 54.6 Å². The third kappa shape index (κ3) is 5.13. The van der Waals surface area contributed by atoms with Crippen LogP contribution in [-0.4, -0.2) is 21.4 Å². The van der Waals surface area contributed by atoms with E-state index in [1.807, 2.05) is 66.1 Å². The molecule has 2 N–H and O–H groups in total. The smallest absolute Gasteiger partial charge is 0.240 e. The molecule has 1 saturated carbocycles. The van der Waals surface area contributed by atoms with E-state index < -0.39 is 0 Å². The zero-order chi connectivity index (χ0) is 21.6. The lowest BCUT2D eigenvalue weighted by molar-refractivity contribution is -0.126. The van der Waals surface area contributed by atoms with Gasteiger partial charge in [-0.15, -0.1) is 0 Å². The Hall–Kier alpha value is -3.15. The standard InChI is InChI=1S/C25H30N4O2/c1-18(19-10-4-2-5-11-19)27-24(30)17-29-22-15-9-8-14-21(22)28-23(29)16-26-25(31)20-12-6-3-7-13-20/h2,4-5,8-11,14-15,18,20H,3,6-7,12-13,16-17H2,1H3,(H,26,31)(H,27,30). The van der Waals surface area contributed by atoms with Gasteiger partial charge in [0, 0.05) is 5.92 Å². The summed E-state index contributed by atoms with van der Waals surface area (Å²) in [5.41, 5.74) is 2.78. The number of carbonyl (C=O) groups is 2. The molecule has 6 heteroatoms. The Morgan fingerprint density at radius 3 is 2.52 bits per heavy atom. The van der Waals surface area contributed by atoms with Crippen LogP contribution in [0.1, 0.15) is 56.5 Å². The predicted molar refractivity (Wildman–Crippen MR) is 121 cm³/mol. The molecule has 0 aliphatic heterocycles. The van der Waals surface area contributed by atoms with Crippen molar-refractivity contribution in [3.63, 3.8) is 0 Å². The van der Waals surface area contributed by atoms with Crippen molar-refractivity contribution >= 4 is 22.8 Å². The Labute approximate surface area is 183 Å². The summed E-state index contributed by atoms with van der Waals surface area (Å²) in [5, 5.41) is 6.12. The predicted octanol–water partition coefficient (Wildman–Crippen LogP) is 4.11. The highest BCUT2D eigenvalue weighted by atomic mass is 16.2. The van der Waals surface area contributed by atoms with Crippen LogP contribution in [-0.2, 0) is 22.7 Å². The van der Waals surface area contributed by atoms with E-state index in [0.29, 0.717) is 12.4 Å². The van der Waals surface area contributed by atoms with Gasteiger partial charge in [-0.05, 0) is 37.5 Å². The molecule has 2 aromatic carbocycles. The lowest BCUT2D eigenvalue weighted by atomic mass is 9.89. The van der Waals surface area contributed by atoms with Crippen molar-refractivity contribution in [2.24, 2.45) is 5.92 Å². The summed E-state index contributed by atoms with van der Waals surface area (Å²) in [6.07, 6.45) is 5.38. The highest BCUT2D eigenvalue weighted by Gasteiger charge is 2.22. The van der Waals surface area contributed by atoms with Gasteiger partial charge >= 0.3 is 0 Å². The van der Waals surface area contributed by atoms with E-state index in [2.05, 4.69) is 15.6 Å². The molecule has 0 saturated heterocycles. The number of hydrogen-bond donors (Lipinski definition) is 2. The van der Waals surface area contributed by atoms with E-state index in [4.69, 9.17) is 0 Å². The first kappa shape index (κ1) is 21.1. The van der Waals surface area contributed by atoms with E-state index >= 15 is 0 Å². The summed E-state index contributed by atoms with van der Waals surface area (Å²) in [7, 11) is 0. The normalized spacial score (nSPS) is 15.5. The molecule has 1 fully saturated rings. The Morgan fingerprint density at radius 2 is 1.74 bits per heavy atom. The van der Waals surface area contributed by atoms with Crippen molar-refractivity contribution in [2.45, 2.75) is 58.2 Å². The monoisotopic (exact) mass is 418 g/mol. The third-order valence-corrected chi connectivity index (χ3v) is 6.11. The number of para-hydroxylation sites is 2. The van der Waals surface area contributed by atoms with Gasteiger partial charge in [0.1, 0.15) is 12.4 Å². The second kappa shape index (κ2) is 9.77. The van der Waals surface area contributed by atoms with Crippen molar-refractivity contribution in [2.75, 3.05) is 0 Å². The van der Waals surface area contributed by atoms with Gasteiger partial charge in [0.25, 0.3) is 0 Å². The number of nitrogens with zero attached hydrogens (tertiary/aromatic N) is 2. The van der Waals surface area contributed by atoms with Gasteiger partial charge in [-0.2, -0.15) is 0 Å². The Morgan fingerprint density at radius 1 is 1.03 bits per heavy atom. The molecular formula is C25H30N4O2. The molecule has 3 aromatic rings. The molecule has 6 nitrogen and oxygen atoms in total. The first-order chi connectivity index (χ1) is 15.1. The molecule has 0 bridgehead atoms. The van der Waals surface area contributed by atoms with Crippen LogP contribution < -0.4 is 10.6 Å². The zero-order valence-corrected chi connectivity index (χ0v) is 18.0. The molecular weight excluding hydrogens is 388 g/mol. The number of rotatable bonds is 7. The number of benzene rings is 2. The molecule has 1 aliphatic carbocycles. The third-order valence-electron chi connectivity index (χ3n) is 6.11. The van der Waals surface area contributed by atoms with Gasteiger partial charge < -0.3 is 15.2 Å². The Bertz CT molecular complexity index is 1040. The van der Waals surface area contributed by atoms with E-state index in [1.165, 1.54) is 6.42 Å². The van der Waals surface area contributed by atoms with Crippen LogP contribution in [0, 0.1) is 5.92 Å². The number of amides is 2. The molecule has 4 rings (SSSR count). The van der Waals surface area contributed by atoms with Gasteiger partial charge in [0.05, 0.1) is 23.6 Å². The first-order valence-corrected chi connectivity index (χ1v) is 11.2. The highest BCUT2D eigenvalue weighted by Crippen LogP contribution is 2.24. The quantitative estimate of drug-likeness (QED) is 0.606. The average Bonchev–Trinajstić information content (AvgIpc) is 3.15. The van der Waals surface area contributed by atoms with Gasteiger partial charge in [-0.25, -0.2) is 4.98 Å². The van der Waals surface area contributed by atoms with Crippen LogP contribution in [0.5, 0.6) is 0 Å². The topological polar surface area (TPSA) is 76.0 Å². The van der Waals surface area contributed by atoms with Gasteiger partial charge in [-0.3, -0.25) is 9.59 Å². The molecule has 162 valence electrons. The number of aromatic nitrogens is 2. The van der Waals surface area contributed by atoms with Crippen LogP contribution >= 0.6 is 0 Å². The summed E-state index contributed by atoms with van der Waals surface area (Å²) in [6, 6.07) is 17.6. The molecule has 0 spiro atoms. The Kier molecular flexibility index (Phi) is 6.65. The Balaban J connectivity index is 1.47. The van der Waals surface area contributed by atoms with E-state index in [9.17, 15) is 9.59 Å². The molecule has 1 aromatic heterocycles. The first-order valence-electron chi connectivity index (χ1n) is 11.2. The van der Waals surface area contributed by atoms with Crippen molar-refractivity contribution in [3.8, 4) is 0 Å². The molecule has 1 atom stereocenters. The van der Waals surface area contributed by atoms with Gasteiger partial charge in [-0.1, -0.05) is 61.7 Å². The van der Waals surface area contributed by atoms with Crippen LogP contribution in [0.2, 0.25) is 0 Å². The summed E-state index contributed by atoms with van der Waals surface area (Å²) in [5.74, 6) is 0.814. The van der Waals surface area contributed by atoms with Crippen molar-refractivity contribution in [1.29, 1.82) is 0 Å². The van der Waals surface area contributed by atoms with E-state index in [0.717, 1.165) is 42.3 Å². The number of carbonyl (C=O) groups excluding carboxylic acids is 2. The minimum absolute atomic E-state index is 0.0839. The van der Waals surface area contributed by atoms with E-state index in [-0.39, 0.29) is 30.3 Å². The average molecular weight is 419 g/mol. The summed E-state index contributed by atoms with van der Waals surface area (Å²) >= 11 is 0. The van der Waals surface area contributed by atoms with Crippen molar-refractivity contribution in [3.05, 3.63) is 66.0 Å². The molecule has 1 heterocycles. The fraction of sp³-hybridized carbons (Fsp3) is 0.400. The SMILES string of the molecule is CC(NC(=O)Cn1c(CNC(=O)C2CCCCC2)nc2ccccc21)c1ccccc1.